The fraction of sp³-hybridized carbons (Fsp3) is 0.538. The second-order valence-electron chi connectivity index (χ2n) is 4.49. The molecule has 0 bridgehead atoms. The Labute approximate surface area is 106 Å². The SMILES string of the molecule is O=C(O)c1cccnc1CNCC1CCOCC1. The Bertz CT molecular complexity index is 403. The Morgan fingerprint density at radius 3 is 3.00 bits per heavy atom. The van der Waals surface area contributed by atoms with Gasteiger partial charge < -0.3 is 15.2 Å². The maximum atomic E-state index is 11.0. The van der Waals surface area contributed by atoms with Crippen LogP contribution >= 0.6 is 0 Å². The van der Waals surface area contributed by atoms with Crippen LogP contribution in [0.3, 0.4) is 0 Å². The van der Waals surface area contributed by atoms with Gasteiger partial charge in [-0.25, -0.2) is 4.79 Å². The maximum Gasteiger partial charge on any atom is 0.337 e. The molecule has 2 heterocycles. The molecule has 0 amide bonds. The number of nitrogens with one attached hydrogen (secondary N) is 1. The molecule has 1 saturated heterocycles. The molecule has 2 N–H and O–H groups in total. The lowest BCUT2D eigenvalue weighted by molar-refractivity contribution is 0.0662. The van der Waals surface area contributed by atoms with Crippen LogP contribution in [0.15, 0.2) is 18.3 Å². The highest BCUT2D eigenvalue weighted by molar-refractivity contribution is 5.88. The van der Waals surface area contributed by atoms with Gasteiger partial charge in [0, 0.05) is 26.0 Å². The van der Waals surface area contributed by atoms with E-state index in [4.69, 9.17) is 9.84 Å². The fourth-order valence-corrected chi connectivity index (χ4v) is 2.12. The van der Waals surface area contributed by atoms with Crippen LogP contribution < -0.4 is 5.32 Å². The first-order chi connectivity index (χ1) is 8.77. The molecule has 98 valence electrons. The molecule has 0 unspecified atom stereocenters. The molecule has 0 saturated carbocycles. The molecule has 0 spiro atoms. The predicted octanol–water partition coefficient (Wildman–Crippen LogP) is 1.30. The van der Waals surface area contributed by atoms with Crippen molar-refractivity contribution in [2.45, 2.75) is 19.4 Å². The van der Waals surface area contributed by atoms with Crippen molar-refractivity contribution in [3.63, 3.8) is 0 Å². The summed E-state index contributed by atoms with van der Waals surface area (Å²) >= 11 is 0. The highest BCUT2D eigenvalue weighted by Crippen LogP contribution is 2.13. The summed E-state index contributed by atoms with van der Waals surface area (Å²) in [7, 11) is 0. The molecular weight excluding hydrogens is 232 g/mol. The zero-order valence-electron chi connectivity index (χ0n) is 10.3. The summed E-state index contributed by atoms with van der Waals surface area (Å²) in [6.07, 6.45) is 3.76. The Hall–Kier alpha value is -1.46. The maximum absolute atomic E-state index is 11.0. The summed E-state index contributed by atoms with van der Waals surface area (Å²) < 4.78 is 5.30. The first-order valence-corrected chi connectivity index (χ1v) is 6.23. The Morgan fingerprint density at radius 1 is 1.50 bits per heavy atom. The minimum absolute atomic E-state index is 0.275. The molecule has 1 aliphatic heterocycles. The van der Waals surface area contributed by atoms with E-state index in [2.05, 4.69) is 10.3 Å². The van der Waals surface area contributed by atoms with Crippen LogP contribution in [-0.2, 0) is 11.3 Å². The predicted molar refractivity (Wildman–Crippen MR) is 66.4 cm³/mol. The van der Waals surface area contributed by atoms with Crippen molar-refractivity contribution in [2.75, 3.05) is 19.8 Å². The number of aromatic nitrogens is 1. The van der Waals surface area contributed by atoms with Gasteiger partial charge in [-0.2, -0.15) is 0 Å². The lowest BCUT2D eigenvalue weighted by Gasteiger charge is -2.22. The van der Waals surface area contributed by atoms with Crippen molar-refractivity contribution in [3.8, 4) is 0 Å². The van der Waals surface area contributed by atoms with Gasteiger partial charge in [0.1, 0.15) is 0 Å². The topological polar surface area (TPSA) is 71.5 Å². The van der Waals surface area contributed by atoms with Gasteiger partial charge in [-0.1, -0.05) is 0 Å². The van der Waals surface area contributed by atoms with E-state index in [-0.39, 0.29) is 5.56 Å². The fourth-order valence-electron chi connectivity index (χ4n) is 2.12. The highest BCUT2D eigenvalue weighted by Gasteiger charge is 2.14. The van der Waals surface area contributed by atoms with Crippen LogP contribution in [0.1, 0.15) is 28.9 Å². The first-order valence-electron chi connectivity index (χ1n) is 6.23. The summed E-state index contributed by atoms with van der Waals surface area (Å²) in [6.45, 7) is 3.05. The second-order valence-corrected chi connectivity index (χ2v) is 4.49. The number of hydrogen-bond acceptors (Lipinski definition) is 4. The third kappa shape index (κ3) is 3.51. The number of pyridine rings is 1. The largest absolute Gasteiger partial charge is 0.478 e. The molecular formula is C13H18N2O3. The Kier molecular flexibility index (Phi) is 4.66. The summed E-state index contributed by atoms with van der Waals surface area (Å²) in [5, 5.41) is 12.3. The van der Waals surface area contributed by atoms with Crippen molar-refractivity contribution in [1.29, 1.82) is 0 Å². The van der Waals surface area contributed by atoms with Crippen LogP contribution in [0.2, 0.25) is 0 Å². The highest BCUT2D eigenvalue weighted by atomic mass is 16.5. The van der Waals surface area contributed by atoms with Gasteiger partial charge in [-0.15, -0.1) is 0 Å². The van der Waals surface area contributed by atoms with Crippen molar-refractivity contribution in [1.82, 2.24) is 10.3 Å². The van der Waals surface area contributed by atoms with Gasteiger partial charge in [0.25, 0.3) is 0 Å². The van der Waals surface area contributed by atoms with Crippen LogP contribution in [-0.4, -0.2) is 35.8 Å². The quantitative estimate of drug-likeness (QED) is 0.824. The summed E-state index contributed by atoms with van der Waals surface area (Å²) in [5.74, 6) is -0.304. The van der Waals surface area contributed by atoms with Gasteiger partial charge in [0.2, 0.25) is 0 Å². The van der Waals surface area contributed by atoms with Crippen LogP contribution in [0.5, 0.6) is 0 Å². The average molecular weight is 250 g/mol. The number of nitrogens with zero attached hydrogens (tertiary/aromatic N) is 1. The monoisotopic (exact) mass is 250 g/mol. The summed E-state index contributed by atoms with van der Waals surface area (Å²) in [4.78, 5) is 15.1. The van der Waals surface area contributed by atoms with Crippen LogP contribution in [0.25, 0.3) is 0 Å². The number of carbonyl (C=O) groups is 1. The number of ether oxygens (including phenoxy) is 1. The number of aromatic carboxylic acids is 1. The van der Waals surface area contributed by atoms with Crippen LogP contribution in [0.4, 0.5) is 0 Å². The van der Waals surface area contributed by atoms with E-state index >= 15 is 0 Å². The molecule has 0 radical (unpaired) electrons. The summed E-state index contributed by atoms with van der Waals surface area (Å²) in [5.41, 5.74) is 0.869. The molecule has 0 atom stereocenters. The number of carboxylic acid groups (broad SMARTS) is 1. The molecule has 1 aliphatic rings. The molecule has 1 aromatic rings. The Balaban J connectivity index is 1.84. The standard InChI is InChI=1S/C13H18N2O3/c16-13(17)11-2-1-5-15-12(11)9-14-8-10-3-6-18-7-4-10/h1-2,5,10,14H,3-4,6-9H2,(H,16,17). The van der Waals surface area contributed by atoms with E-state index in [9.17, 15) is 4.79 Å². The van der Waals surface area contributed by atoms with Crippen molar-refractivity contribution >= 4 is 5.97 Å². The lowest BCUT2D eigenvalue weighted by atomic mass is 10.0. The van der Waals surface area contributed by atoms with E-state index in [1.54, 1.807) is 18.3 Å². The number of rotatable bonds is 5. The molecule has 0 aromatic carbocycles. The van der Waals surface area contributed by atoms with Gasteiger partial charge >= 0.3 is 5.97 Å². The minimum Gasteiger partial charge on any atom is -0.478 e. The van der Waals surface area contributed by atoms with E-state index in [1.165, 1.54) is 0 Å². The third-order valence-electron chi connectivity index (χ3n) is 3.19. The van der Waals surface area contributed by atoms with Crippen LogP contribution in [0, 0.1) is 5.92 Å². The summed E-state index contributed by atoms with van der Waals surface area (Å²) in [6, 6.07) is 3.23. The third-order valence-corrected chi connectivity index (χ3v) is 3.19. The van der Waals surface area contributed by atoms with E-state index < -0.39 is 5.97 Å². The van der Waals surface area contributed by atoms with Gasteiger partial charge in [-0.05, 0) is 37.4 Å². The molecule has 2 rings (SSSR count). The van der Waals surface area contributed by atoms with Crippen molar-refractivity contribution in [3.05, 3.63) is 29.6 Å². The zero-order chi connectivity index (χ0) is 12.8. The van der Waals surface area contributed by atoms with E-state index in [0.29, 0.717) is 18.2 Å². The second kappa shape index (κ2) is 6.47. The van der Waals surface area contributed by atoms with Gasteiger partial charge in [0.15, 0.2) is 0 Å². The zero-order valence-corrected chi connectivity index (χ0v) is 10.3. The van der Waals surface area contributed by atoms with Crippen molar-refractivity contribution < 1.29 is 14.6 Å². The van der Waals surface area contributed by atoms with E-state index in [0.717, 1.165) is 32.6 Å². The molecule has 1 fully saturated rings. The molecule has 1 aromatic heterocycles. The molecule has 18 heavy (non-hydrogen) atoms. The smallest absolute Gasteiger partial charge is 0.337 e. The molecule has 0 aliphatic carbocycles. The Morgan fingerprint density at radius 2 is 2.28 bits per heavy atom. The van der Waals surface area contributed by atoms with Gasteiger partial charge in [-0.3, -0.25) is 4.98 Å². The van der Waals surface area contributed by atoms with E-state index in [1.807, 2.05) is 0 Å². The molecule has 5 heteroatoms. The normalized spacial score (nSPS) is 16.7. The lowest BCUT2D eigenvalue weighted by Crippen LogP contribution is -2.28. The average Bonchev–Trinajstić information content (AvgIpc) is 2.40. The van der Waals surface area contributed by atoms with Crippen molar-refractivity contribution in [2.24, 2.45) is 5.92 Å². The minimum atomic E-state index is -0.925. The number of hydrogen-bond donors (Lipinski definition) is 2. The first kappa shape index (κ1) is 13.0. The molecule has 5 nitrogen and oxygen atoms in total. The number of carboxylic acids is 1. The van der Waals surface area contributed by atoms with Gasteiger partial charge in [0.05, 0.1) is 11.3 Å².